The van der Waals surface area contributed by atoms with Crippen molar-refractivity contribution in [1.82, 2.24) is 0 Å². The number of carboxylic acid groups (broad SMARTS) is 1. The molecule has 0 aliphatic carbocycles. The number of allylic oxidation sites excluding steroid dienone is 1. The molecule has 0 spiro atoms. The van der Waals surface area contributed by atoms with Crippen LogP contribution in [0.1, 0.15) is 54.1 Å². The van der Waals surface area contributed by atoms with Gasteiger partial charge in [0.05, 0.1) is 23.3 Å². The van der Waals surface area contributed by atoms with Crippen molar-refractivity contribution >= 4 is 35.1 Å². The van der Waals surface area contributed by atoms with E-state index in [-0.39, 0.29) is 41.2 Å². The third-order valence-corrected chi connectivity index (χ3v) is 6.58. The number of hydrogen-bond acceptors (Lipinski definition) is 8. The molecule has 9 heteroatoms. The van der Waals surface area contributed by atoms with Crippen molar-refractivity contribution in [2.24, 2.45) is 0 Å². The summed E-state index contributed by atoms with van der Waals surface area (Å²) in [7, 11) is 0. The molecule has 0 radical (unpaired) electrons. The maximum absolute atomic E-state index is 12.9. The predicted molar refractivity (Wildman–Crippen MR) is 136 cm³/mol. The fourth-order valence-electron chi connectivity index (χ4n) is 3.44. The number of ether oxygens (including phenoxy) is 2. The molecule has 0 bridgehead atoms. The van der Waals surface area contributed by atoms with Gasteiger partial charge in [0.2, 0.25) is 0 Å². The molecule has 0 atom stereocenters. The second-order valence-electron chi connectivity index (χ2n) is 7.82. The van der Waals surface area contributed by atoms with Gasteiger partial charge in [-0.15, -0.1) is 11.3 Å². The maximum atomic E-state index is 12.9. The average molecular weight is 515 g/mol. The van der Waals surface area contributed by atoms with Crippen molar-refractivity contribution in [3.63, 3.8) is 0 Å². The van der Waals surface area contributed by atoms with Gasteiger partial charge in [-0.2, -0.15) is 10.5 Å². The molecule has 0 amide bonds. The number of benzene rings is 2. The Labute approximate surface area is 217 Å². The topological polar surface area (TPSA) is 137 Å². The number of nitriles is 2. The van der Waals surface area contributed by atoms with Crippen LogP contribution < -0.4 is 4.74 Å². The fourth-order valence-corrected chi connectivity index (χ4v) is 4.59. The van der Waals surface area contributed by atoms with Crippen LogP contribution in [0.3, 0.4) is 0 Å². The van der Waals surface area contributed by atoms with Gasteiger partial charge in [0, 0.05) is 11.3 Å². The van der Waals surface area contributed by atoms with E-state index in [2.05, 4.69) is 0 Å². The van der Waals surface area contributed by atoms with Crippen LogP contribution in [0, 0.1) is 29.6 Å². The number of hydrogen-bond donors (Lipinski definition) is 1. The first-order valence-corrected chi connectivity index (χ1v) is 12.0. The zero-order valence-corrected chi connectivity index (χ0v) is 20.9. The fraction of sp³-hybridized carbons (Fsp3) is 0.179. The molecule has 1 N–H and O–H groups in total. The second kappa shape index (κ2) is 12.3. The number of rotatable bonds is 10. The van der Waals surface area contributed by atoms with Crippen molar-refractivity contribution in [3.05, 3.63) is 91.7 Å². The molecule has 0 aliphatic heterocycles. The summed E-state index contributed by atoms with van der Waals surface area (Å²) in [4.78, 5) is 36.8. The molecule has 0 saturated carbocycles. The van der Waals surface area contributed by atoms with Gasteiger partial charge >= 0.3 is 11.9 Å². The van der Waals surface area contributed by atoms with E-state index in [0.29, 0.717) is 27.3 Å². The molecular formula is C28H22N2O6S. The van der Waals surface area contributed by atoms with Crippen molar-refractivity contribution in [1.29, 1.82) is 10.5 Å². The highest BCUT2D eigenvalue weighted by molar-refractivity contribution is 7.14. The molecule has 1 aromatic heterocycles. The molecule has 1 heterocycles. The Morgan fingerprint density at radius 1 is 1.11 bits per heavy atom. The highest BCUT2D eigenvalue weighted by atomic mass is 32.1. The van der Waals surface area contributed by atoms with E-state index in [9.17, 15) is 24.9 Å². The summed E-state index contributed by atoms with van der Waals surface area (Å²) in [6, 6.07) is 17.1. The van der Waals surface area contributed by atoms with E-state index in [1.54, 1.807) is 50.2 Å². The SMILES string of the molecule is CCOC(=O)c1sc(CC(=O)C(C#N)=Cc2ccc(OCc3cccc(C(=O)O)c3)cc2)c(C#N)c1C. The molecule has 0 aliphatic rings. The van der Waals surface area contributed by atoms with Crippen LogP contribution in [0.25, 0.3) is 6.08 Å². The highest BCUT2D eigenvalue weighted by Crippen LogP contribution is 2.29. The number of carbonyl (C=O) groups excluding carboxylic acids is 2. The third-order valence-electron chi connectivity index (χ3n) is 5.30. The monoisotopic (exact) mass is 514 g/mol. The average Bonchev–Trinajstić information content (AvgIpc) is 3.21. The summed E-state index contributed by atoms with van der Waals surface area (Å²) in [5, 5.41) is 28.2. The summed E-state index contributed by atoms with van der Waals surface area (Å²) in [5.41, 5.74) is 2.09. The minimum Gasteiger partial charge on any atom is -0.489 e. The molecule has 37 heavy (non-hydrogen) atoms. The van der Waals surface area contributed by atoms with Crippen molar-refractivity contribution < 1.29 is 29.0 Å². The van der Waals surface area contributed by atoms with Gasteiger partial charge < -0.3 is 14.6 Å². The Bertz CT molecular complexity index is 1460. The number of ketones is 1. The van der Waals surface area contributed by atoms with Gasteiger partial charge in [0.1, 0.15) is 29.4 Å². The van der Waals surface area contributed by atoms with Gasteiger partial charge in [-0.3, -0.25) is 4.79 Å². The Morgan fingerprint density at radius 3 is 2.46 bits per heavy atom. The van der Waals surface area contributed by atoms with Crippen LogP contribution >= 0.6 is 11.3 Å². The Balaban J connectivity index is 1.71. The number of esters is 1. The minimum absolute atomic E-state index is 0.0909. The van der Waals surface area contributed by atoms with Gasteiger partial charge in [-0.05, 0) is 60.9 Å². The summed E-state index contributed by atoms with van der Waals surface area (Å²) in [6.07, 6.45) is 1.25. The van der Waals surface area contributed by atoms with Crippen molar-refractivity contribution in [2.45, 2.75) is 26.9 Å². The van der Waals surface area contributed by atoms with E-state index in [1.165, 1.54) is 18.2 Å². The van der Waals surface area contributed by atoms with E-state index in [4.69, 9.17) is 14.6 Å². The summed E-state index contributed by atoms with van der Waals surface area (Å²) in [5.74, 6) is -1.51. The van der Waals surface area contributed by atoms with Crippen molar-refractivity contribution in [2.75, 3.05) is 6.61 Å². The lowest BCUT2D eigenvalue weighted by atomic mass is 10.0. The Kier molecular flexibility index (Phi) is 8.93. The van der Waals surface area contributed by atoms with Crippen LogP contribution in [0.5, 0.6) is 5.75 Å². The summed E-state index contributed by atoms with van der Waals surface area (Å²) >= 11 is 1.03. The number of carbonyl (C=O) groups is 3. The summed E-state index contributed by atoms with van der Waals surface area (Å²) in [6.45, 7) is 3.67. The van der Waals surface area contributed by atoms with Crippen LogP contribution in [-0.4, -0.2) is 29.4 Å². The van der Waals surface area contributed by atoms with Gasteiger partial charge in [-0.1, -0.05) is 24.3 Å². The third kappa shape index (κ3) is 6.69. The van der Waals surface area contributed by atoms with E-state index in [0.717, 1.165) is 11.3 Å². The molecule has 3 aromatic rings. The van der Waals surface area contributed by atoms with E-state index < -0.39 is 17.7 Å². The van der Waals surface area contributed by atoms with Crippen LogP contribution in [0.15, 0.2) is 54.1 Å². The zero-order valence-electron chi connectivity index (χ0n) is 20.1. The van der Waals surface area contributed by atoms with Crippen LogP contribution in [0.4, 0.5) is 0 Å². The largest absolute Gasteiger partial charge is 0.489 e. The first-order chi connectivity index (χ1) is 17.8. The maximum Gasteiger partial charge on any atom is 0.348 e. The molecule has 2 aromatic carbocycles. The molecule has 186 valence electrons. The van der Waals surface area contributed by atoms with Gasteiger partial charge in [0.25, 0.3) is 0 Å². The number of Topliss-reactive ketones (excluding diaryl/α,β-unsaturated/α-hetero) is 1. The van der Waals surface area contributed by atoms with Crippen molar-refractivity contribution in [3.8, 4) is 17.9 Å². The van der Waals surface area contributed by atoms with Crippen LogP contribution in [-0.2, 0) is 22.6 Å². The standard InChI is InChI=1S/C28H22N2O6S/c1-3-35-28(34)26-17(2)23(15-30)25(37-26)13-24(31)21(14-29)11-18-7-9-22(10-8-18)36-16-19-5-4-6-20(12-19)27(32)33/h4-12H,3,13,16H2,1-2H3,(H,32,33). The van der Waals surface area contributed by atoms with E-state index >= 15 is 0 Å². The van der Waals surface area contributed by atoms with Crippen LogP contribution in [0.2, 0.25) is 0 Å². The molecule has 8 nitrogen and oxygen atoms in total. The molecule has 0 saturated heterocycles. The molecule has 3 rings (SSSR count). The Hall–Kier alpha value is -4.73. The number of thiophene rings is 1. The minimum atomic E-state index is -1.02. The first kappa shape index (κ1) is 26.9. The summed E-state index contributed by atoms with van der Waals surface area (Å²) < 4.78 is 10.7. The van der Waals surface area contributed by atoms with Gasteiger partial charge in [-0.25, -0.2) is 9.59 Å². The smallest absolute Gasteiger partial charge is 0.348 e. The lowest BCUT2D eigenvalue weighted by Gasteiger charge is -2.07. The Morgan fingerprint density at radius 2 is 1.84 bits per heavy atom. The molecule has 0 fully saturated rings. The normalized spacial score (nSPS) is 10.8. The molecule has 0 unspecified atom stereocenters. The zero-order chi connectivity index (χ0) is 26.9. The second-order valence-corrected chi connectivity index (χ2v) is 8.92. The molecular weight excluding hydrogens is 492 g/mol. The number of carboxylic acids is 1. The quantitative estimate of drug-likeness (QED) is 0.224. The van der Waals surface area contributed by atoms with E-state index in [1.807, 2.05) is 12.1 Å². The lowest BCUT2D eigenvalue weighted by molar-refractivity contribution is -0.114. The highest BCUT2D eigenvalue weighted by Gasteiger charge is 2.23. The first-order valence-electron chi connectivity index (χ1n) is 11.2. The predicted octanol–water partition coefficient (Wildman–Crippen LogP) is 5.10. The lowest BCUT2D eigenvalue weighted by Crippen LogP contribution is -2.05. The van der Waals surface area contributed by atoms with Gasteiger partial charge in [0.15, 0.2) is 5.78 Å². The number of nitrogens with zero attached hydrogens (tertiary/aromatic N) is 2. The number of aromatic carboxylic acids is 1.